The van der Waals surface area contributed by atoms with Crippen molar-refractivity contribution in [3.8, 4) is 16.9 Å². The molecule has 1 aromatic carbocycles. The van der Waals surface area contributed by atoms with E-state index in [1.807, 2.05) is 6.07 Å². The molecule has 4 rings (SSSR count). The lowest BCUT2D eigenvalue weighted by Crippen LogP contribution is -2.17. The van der Waals surface area contributed by atoms with Crippen LogP contribution in [0.5, 0.6) is 5.75 Å². The number of aromatic nitrogens is 3. The van der Waals surface area contributed by atoms with Gasteiger partial charge in [0.25, 0.3) is 0 Å². The number of anilines is 1. The molecule has 27 heavy (non-hydrogen) atoms. The Balaban J connectivity index is 1.65. The van der Waals surface area contributed by atoms with Crippen LogP contribution in [0.25, 0.3) is 16.8 Å². The minimum absolute atomic E-state index is 0.300. The standard InChI is InChI=1S/C18H13F3N4O2/c19-18(20,21)27-13-4-1-3-12(9-13)15-11-24-25-16(6-7-22-17(15)25)23-10-14-5-2-8-26-14/h1-9,11,23H,10H2. The molecule has 0 bridgehead atoms. The van der Waals surface area contributed by atoms with Crippen molar-refractivity contribution in [1.29, 1.82) is 0 Å². The third-order valence-corrected chi connectivity index (χ3v) is 3.80. The van der Waals surface area contributed by atoms with Crippen LogP contribution in [0.15, 0.2) is 65.5 Å². The van der Waals surface area contributed by atoms with Crippen molar-refractivity contribution in [2.45, 2.75) is 12.9 Å². The van der Waals surface area contributed by atoms with Crippen molar-refractivity contribution in [3.05, 3.63) is 66.9 Å². The summed E-state index contributed by atoms with van der Waals surface area (Å²) in [6, 6.07) is 11.1. The highest BCUT2D eigenvalue weighted by Gasteiger charge is 2.31. The maximum atomic E-state index is 12.5. The molecule has 0 unspecified atom stereocenters. The third kappa shape index (κ3) is 3.71. The van der Waals surface area contributed by atoms with Crippen LogP contribution in [0.4, 0.5) is 19.0 Å². The van der Waals surface area contributed by atoms with Gasteiger partial charge in [0.05, 0.1) is 19.0 Å². The fraction of sp³-hybridized carbons (Fsp3) is 0.111. The number of furan rings is 1. The second-order valence-electron chi connectivity index (χ2n) is 5.63. The number of fused-ring (bicyclic) bond motifs is 1. The first kappa shape index (κ1) is 17.0. The van der Waals surface area contributed by atoms with Gasteiger partial charge in [0.2, 0.25) is 0 Å². The Morgan fingerprint density at radius 3 is 2.81 bits per heavy atom. The second-order valence-corrected chi connectivity index (χ2v) is 5.63. The van der Waals surface area contributed by atoms with Gasteiger partial charge in [-0.1, -0.05) is 12.1 Å². The summed E-state index contributed by atoms with van der Waals surface area (Å²) < 4.78 is 48.2. The molecule has 0 saturated carbocycles. The van der Waals surface area contributed by atoms with Gasteiger partial charge in [-0.05, 0) is 35.9 Å². The minimum atomic E-state index is -4.75. The van der Waals surface area contributed by atoms with Crippen LogP contribution in [0.2, 0.25) is 0 Å². The van der Waals surface area contributed by atoms with Gasteiger partial charge in [-0.3, -0.25) is 0 Å². The predicted octanol–water partition coefficient (Wildman–Crippen LogP) is 4.50. The van der Waals surface area contributed by atoms with Gasteiger partial charge in [-0.25, -0.2) is 4.98 Å². The lowest BCUT2D eigenvalue weighted by molar-refractivity contribution is -0.274. The fourth-order valence-corrected chi connectivity index (χ4v) is 2.68. The van der Waals surface area contributed by atoms with E-state index in [9.17, 15) is 13.2 Å². The van der Waals surface area contributed by atoms with Crippen LogP contribution < -0.4 is 10.1 Å². The molecule has 4 aromatic rings. The second kappa shape index (κ2) is 6.67. The molecule has 3 heterocycles. The molecule has 0 saturated heterocycles. The molecule has 0 atom stereocenters. The molecule has 3 aromatic heterocycles. The number of rotatable bonds is 5. The Morgan fingerprint density at radius 2 is 2.04 bits per heavy atom. The zero-order chi connectivity index (χ0) is 18.9. The number of ether oxygens (including phenoxy) is 1. The van der Waals surface area contributed by atoms with Gasteiger partial charge in [-0.15, -0.1) is 13.2 Å². The quantitative estimate of drug-likeness (QED) is 0.557. The van der Waals surface area contributed by atoms with Crippen molar-refractivity contribution in [2.75, 3.05) is 5.32 Å². The van der Waals surface area contributed by atoms with E-state index >= 15 is 0 Å². The van der Waals surface area contributed by atoms with E-state index in [1.54, 1.807) is 41.4 Å². The Kier molecular flexibility index (Phi) is 4.19. The highest BCUT2D eigenvalue weighted by Crippen LogP contribution is 2.30. The normalized spacial score (nSPS) is 11.7. The summed E-state index contributed by atoms with van der Waals surface area (Å²) >= 11 is 0. The monoisotopic (exact) mass is 374 g/mol. The summed E-state index contributed by atoms with van der Waals surface area (Å²) in [5, 5.41) is 7.49. The van der Waals surface area contributed by atoms with Crippen molar-refractivity contribution in [2.24, 2.45) is 0 Å². The number of benzene rings is 1. The molecule has 0 spiro atoms. The van der Waals surface area contributed by atoms with Crippen LogP contribution in [0, 0.1) is 0 Å². The average molecular weight is 374 g/mol. The topological polar surface area (TPSA) is 64.6 Å². The molecule has 9 heteroatoms. The lowest BCUT2D eigenvalue weighted by Gasteiger charge is -2.10. The Hall–Kier alpha value is -3.49. The smallest absolute Gasteiger partial charge is 0.467 e. The first-order valence-electron chi connectivity index (χ1n) is 7.95. The highest BCUT2D eigenvalue weighted by atomic mass is 19.4. The first-order chi connectivity index (χ1) is 13.0. The predicted molar refractivity (Wildman–Crippen MR) is 91.1 cm³/mol. The van der Waals surface area contributed by atoms with Crippen molar-refractivity contribution < 1.29 is 22.3 Å². The van der Waals surface area contributed by atoms with E-state index in [1.165, 1.54) is 18.2 Å². The van der Waals surface area contributed by atoms with E-state index < -0.39 is 6.36 Å². The molecule has 0 radical (unpaired) electrons. The summed E-state index contributed by atoms with van der Waals surface area (Å²) in [5.74, 6) is 1.13. The molecule has 1 N–H and O–H groups in total. The molecular formula is C18H13F3N4O2. The highest BCUT2D eigenvalue weighted by molar-refractivity contribution is 5.78. The molecule has 138 valence electrons. The SMILES string of the molecule is FC(F)(F)Oc1cccc(-c2cnn3c(NCc4ccco4)ccnc23)c1. The number of nitrogens with zero attached hydrogens (tertiary/aromatic N) is 3. The molecule has 6 nitrogen and oxygen atoms in total. The molecule has 0 aliphatic heterocycles. The zero-order valence-corrected chi connectivity index (χ0v) is 13.8. The maximum absolute atomic E-state index is 12.5. The van der Waals surface area contributed by atoms with E-state index in [4.69, 9.17) is 4.42 Å². The number of halogens is 3. The molecule has 0 amide bonds. The van der Waals surface area contributed by atoms with E-state index in [-0.39, 0.29) is 5.75 Å². The largest absolute Gasteiger partial charge is 0.573 e. The van der Waals surface area contributed by atoms with Crippen LogP contribution in [0.1, 0.15) is 5.76 Å². The number of nitrogens with one attached hydrogen (secondary N) is 1. The summed E-state index contributed by atoms with van der Waals surface area (Å²) in [7, 11) is 0. The van der Waals surface area contributed by atoms with Crippen LogP contribution >= 0.6 is 0 Å². The summed E-state index contributed by atoms with van der Waals surface area (Å²) in [5.41, 5.74) is 1.61. The average Bonchev–Trinajstić information content (AvgIpc) is 3.28. The van der Waals surface area contributed by atoms with E-state index in [2.05, 4.69) is 20.1 Å². The Labute approximate surface area is 151 Å². The first-order valence-corrected chi connectivity index (χ1v) is 7.95. The van der Waals surface area contributed by atoms with E-state index in [0.717, 1.165) is 5.76 Å². The van der Waals surface area contributed by atoms with Gasteiger partial charge in [-0.2, -0.15) is 9.61 Å². The van der Waals surface area contributed by atoms with Crippen LogP contribution in [-0.2, 0) is 6.54 Å². The number of hydrogen-bond acceptors (Lipinski definition) is 5. The Morgan fingerprint density at radius 1 is 1.15 bits per heavy atom. The van der Waals surface area contributed by atoms with Crippen molar-refractivity contribution in [1.82, 2.24) is 14.6 Å². The van der Waals surface area contributed by atoms with Gasteiger partial charge in [0.15, 0.2) is 5.65 Å². The maximum Gasteiger partial charge on any atom is 0.573 e. The lowest BCUT2D eigenvalue weighted by atomic mass is 10.1. The molecule has 0 fully saturated rings. The Bertz CT molecular complexity index is 1060. The zero-order valence-electron chi connectivity index (χ0n) is 13.8. The molecule has 0 aliphatic carbocycles. The van der Waals surface area contributed by atoms with Gasteiger partial charge in [0.1, 0.15) is 17.3 Å². The minimum Gasteiger partial charge on any atom is -0.467 e. The van der Waals surface area contributed by atoms with Crippen LogP contribution in [-0.4, -0.2) is 21.0 Å². The van der Waals surface area contributed by atoms with Crippen molar-refractivity contribution in [3.63, 3.8) is 0 Å². The van der Waals surface area contributed by atoms with Crippen molar-refractivity contribution >= 4 is 11.5 Å². The van der Waals surface area contributed by atoms with E-state index in [0.29, 0.717) is 29.1 Å². The number of alkyl halides is 3. The van der Waals surface area contributed by atoms with Gasteiger partial charge in [0, 0.05) is 11.8 Å². The van der Waals surface area contributed by atoms with Crippen LogP contribution in [0.3, 0.4) is 0 Å². The molecular weight excluding hydrogens is 361 g/mol. The van der Waals surface area contributed by atoms with Gasteiger partial charge < -0.3 is 14.5 Å². The number of hydrogen-bond donors (Lipinski definition) is 1. The summed E-state index contributed by atoms with van der Waals surface area (Å²) in [6.07, 6.45) is -0.0176. The summed E-state index contributed by atoms with van der Waals surface area (Å²) in [4.78, 5) is 4.30. The van der Waals surface area contributed by atoms with Gasteiger partial charge >= 0.3 is 6.36 Å². The fourth-order valence-electron chi connectivity index (χ4n) is 2.68. The third-order valence-electron chi connectivity index (χ3n) is 3.80. The summed E-state index contributed by atoms with van der Waals surface area (Å²) in [6.45, 7) is 0.455. The molecule has 0 aliphatic rings.